The highest BCUT2D eigenvalue weighted by molar-refractivity contribution is 7.93. The Morgan fingerprint density at radius 2 is 1.69 bits per heavy atom. The Labute approximate surface area is 294 Å². The number of carbonyl (C=O) groups is 2. The van der Waals surface area contributed by atoms with Crippen LogP contribution in [0.1, 0.15) is 30.9 Å². The van der Waals surface area contributed by atoms with E-state index >= 15 is 8.78 Å². The van der Waals surface area contributed by atoms with Gasteiger partial charge in [-0.15, -0.1) is 5.06 Å². The number of halogens is 2. The van der Waals surface area contributed by atoms with Crippen LogP contribution in [0.25, 0.3) is 0 Å². The third-order valence-electron chi connectivity index (χ3n) is 9.49. The molecule has 0 saturated carbocycles. The van der Waals surface area contributed by atoms with Crippen molar-refractivity contribution in [2.45, 2.75) is 36.2 Å². The Morgan fingerprint density at radius 1 is 0.980 bits per heavy atom. The molecule has 1 atom stereocenters. The van der Waals surface area contributed by atoms with E-state index in [1.165, 1.54) is 49.7 Å². The highest BCUT2D eigenvalue weighted by atomic mass is 32.2. The van der Waals surface area contributed by atoms with Gasteiger partial charge < -0.3 is 23.9 Å². The number of hydroxylamine groups is 2. The monoisotopic (exact) mass is 730 g/mol. The van der Waals surface area contributed by atoms with Crippen molar-refractivity contribution in [2.75, 3.05) is 71.4 Å². The summed E-state index contributed by atoms with van der Waals surface area (Å²) in [6.45, 7) is 5.72. The zero-order valence-corrected chi connectivity index (χ0v) is 29.5. The maximum Gasteiger partial charge on any atom is 0.427 e. The number of pyridine rings is 1. The lowest BCUT2D eigenvalue weighted by molar-refractivity contribution is -0.133. The number of rotatable bonds is 10. The van der Waals surface area contributed by atoms with E-state index in [0.29, 0.717) is 48.7 Å². The number of aromatic nitrogens is 1. The molecular weight excluding hydrogens is 690 g/mol. The average molecular weight is 731 g/mol. The first kappa shape index (κ1) is 36.2. The fourth-order valence-corrected chi connectivity index (χ4v) is 8.49. The van der Waals surface area contributed by atoms with E-state index in [-0.39, 0.29) is 35.1 Å². The van der Waals surface area contributed by atoms with E-state index in [0.717, 1.165) is 32.0 Å². The lowest BCUT2D eigenvalue weighted by Gasteiger charge is -2.41. The van der Waals surface area contributed by atoms with Gasteiger partial charge in [-0.25, -0.2) is 27.0 Å². The number of amides is 2. The molecule has 6 rings (SSSR count). The van der Waals surface area contributed by atoms with Gasteiger partial charge in [-0.05, 0) is 70.2 Å². The second kappa shape index (κ2) is 14.6. The average Bonchev–Trinajstić information content (AvgIpc) is 3.35. The number of anilines is 1. The molecule has 2 aromatic carbocycles. The van der Waals surface area contributed by atoms with E-state index in [1.54, 1.807) is 6.92 Å². The van der Waals surface area contributed by atoms with Crippen LogP contribution in [0, 0.1) is 11.6 Å². The van der Waals surface area contributed by atoms with Gasteiger partial charge in [0, 0.05) is 56.1 Å². The standard InChI is InChI=1S/C34H40F2N6O8S/c1-5-49-31-24(7-6-12-37-31)34(38-33(44)50-41-17-15-40(16-18-41)22-10-13-39(2)14-11-22)25-20-26(35)27(36)21-28(25)42(32(34)43)51(45,46)30-9-8-23(47-3)19-29(30)48-4/h6-9,12,19-22H,5,10-11,13-18H2,1-4H3,(H,38,44). The van der Waals surface area contributed by atoms with Gasteiger partial charge >= 0.3 is 6.09 Å². The van der Waals surface area contributed by atoms with Crippen molar-refractivity contribution in [1.82, 2.24) is 25.2 Å². The van der Waals surface area contributed by atoms with Crippen molar-refractivity contribution in [2.24, 2.45) is 0 Å². The van der Waals surface area contributed by atoms with Crippen molar-refractivity contribution < 1.29 is 45.8 Å². The van der Waals surface area contributed by atoms with Gasteiger partial charge in [-0.2, -0.15) is 4.31 Å². The molecule has 3 aliphatic heterocycles. The molecule has 0 bridgehead atoms. The summed E-state index contributed by atoms with van der Waals surface area (Å²) in [7, 11) is -0.250. The van der Waals surface area contributed by atoms with Crippen LogP contribution in [0.5, 0.6) is 17.4 Å². The predicted molar refractivity (Wildman–Crippen MR) is 180 cm³/mol. The van der Waals surface area contributed by atoms with Crippen molar-refractivity contribution in [3.05, 3.63) is 71.4 Å². The van der Waals surface area contributed by atoms with Crippen LogP contribution in [0.15, 0.2) is 53.6 Å². The second-order valence-electron chi connectivity index (χ2n) is 12.4. The molecule has 4 heterocycles. The fraction of sp³-hybridized carbons (Fsp3) is 0.441. The number of piperidine rings is 1. The number of benzene rings is 2. The summed E-state index contributed by atoms with van der Waals surface area (Å²) in [5, 5.41) is 4.00. The quantitative estimate of drug-likeness (QED) is 0.328. The number of hydrogen-bond donors (Lipinski definition) is 1. The molecule has 274 valence electrons. The predicted octanol–water partition coefficient (Wildman–Crippen LogP) is 3.11. The van der Waals surface area contributed by atoms with Crippen LogP contribution in [0.2, 0.25) is 0 Å². The maximum atomic E-state index is 15.2. The highest BCUT2D eigenvalue weighted by Gasteiger charge is 2.60. The molecule has 2 fully saturated rings. The first-order chi connectivity index (χ1) is 24.4. The van der Waals surface area contributed by atoms with E-state index in [2.05, 4.69) is 27.1 Å². The molecule has 51 heavy (non-hydrogen) atoms. The van der Waals surface area contributed by atoms with Crippen molar-refractivity contribution >= 4 is 27.7 Å². The molecule has 17 heteroatoms. The molecule has 14 nitrogen and oxygen atoms in total. The summed E-state index contributed by atoms with van der Waals surface area (Å²) in [5.74, 6) is -4.20. The third kappa shape index (κ3) is 6.66. The Bertz CT molecular complexity index is 1900. The number of likely N-dealkylation sites (tertiary alicyclic amines) is 1. The van der Waals surface area contributed by atoms with Gasteiger partial charge in [0.2, 0.25) is 5.88 Å². The molecule has 2 amide bonds. The Kier molecular flexibility index (Phi) is 10.3. The van der Waals surface area contributed by atoms with Gasteiger partial charge in [-0.3, -0.25) is 15.0 Å². The van der Waals surface area contributed by atoms with Gasteiger partial charge in [0.25, 0.3) is 15.9 Å². The fourth-order valence-electron chi connectivity index (χ4n) is 6.90. The number of piperazine rings is 1. The van der Waals surface area contributed by atoms with Crippen LogP contribution in [-0.4, -0.2) is 113 Å². The Hall–Kier alpha value is -4.58. The largest absolute Gasteiger partial charge is 0.497 e. The second-order valence-corrected chi connectivity index (χ2v) is 14.2. The van der Waals surface area contributed by atoms with E-state index < -0.39 is 49.8 Å². The van der Waals surface area contributed by atoms with Crippen LogP contribution < -0.4 is 23.8 Å². The number of ether oxygens (including phenoxy) is 3. The molecular formula is C34H40F2N6O8S. The van der Waals surface area contributed by atoms with Crippen molar-refractivity contribution in [3.8, 4) is 17.4 Å². The van der Waals surface area contributed by atoms with Crippen LogP contribution >= 0.6 is 0 Å². The van der Waals surface area contributed by atoms with Crippen molar-refractivity contribution in [3.63, 3.8) is 0 Å². The van der Waals surface area contributed by atoms with E-state index in [1.807, 2.05) is 0 Å². The molecule has 1 unspecified atom stereocenters. The molecule has 0 spiro atoms. The highest BCUT2D eigenvalue weighted by Crippen LogP contribution is 2.50. The summed E-state index contributed by atoms with van der Waals surface area (Å²) in [6.07, 6.45) is 2.30. The molecule has 1 N–H and O–H groups in total. The smallest absolute Gasteiger partial charge is 0.427 e. The molecule has 1 aromatic heterocycles. The minimum atomic E-state index is -4.94. The van der Waals surface area contributed by atoms with Crippen LogP contribution in [0.4, 0.5) is 19.3 Å². The first-order valence-electron chi connectivity index (χ1n) is 16.5. The minimum Gasteiger partial charge on any atom is -0.497 e. The molecule has 0 radical (unpaired) electrons. The number of nitrogens with zero attached hydrogens (tertiary/aromatic N) is 5. The van der Waals surface area contributed by atoms with Crippen molar-refractivity contribution in [1.29, 1.82) is 0 Å². The lowest BCUT2D eigenvalue weighted by Crippen LogP contribution is -2.57. The third-order valence-corrected chi connectivity index (χ3v) is 11.2. The number of fused-ring (bicyclic) bond motifs is 1. The first-order valence-corrected chi connectivity index (χ1v) is 18.0. The van der Waals surface area contributed by atoms with E-state index in [9.17, 15) is 18.0 Å². The van der Waals surface area contributed by atoms with Gasteiger partial charge in [0.1, 0.15) is 16.4 Å². The number of sulfonamides is 1. The summed E-state index contributed by atoms with van der Waals surface area (Å²) < 4.78 is 75.7. The lowest BCUT2D eigenvalue weighted by atomic mass is 9.84. The normalized spacial score (nSPS) is 20.6. The molecule has 3 aliphatic rings. The van der Waals surface area contributed by atoms with Gasteiger partial charge in [-0.1, -0.05) is 0 Å². The summed E-state index contributed by atoms with van der Waals surface area (Å²) in [4.78, 5) is 42.9. The molecule has 2 saturated heterocycles. The Morgan fingerprint density at radius 3 is 2.35 bits per heavy atom. The van der Waals surface area contributed by atoms with E-state index in [4.69, 9.17) is 19.0 Å². The number of nitrogens with one attached hydrogen (secondary N) is 1. The number of methoxy groups -OCH3 is 2. The van der Waals surface area contributed by atoms with Gasteiger partial charge in [0.05, 0.1) is 32.1 Å². The summed E-state index contributed by atoms with van der Waals surface area (Å²) in [6, 6.07) is 8.29. The zero-order valence-electron chi connectivity index (χ0n) is 28.7. The number of carbonyl (C=O) groups excluding carboxylic acids is 2. The maximum absolute atomic E-state index is 15.2. The Balaban J connectivity index is 1.40. The molecule has 0 aliphatic carbocycles. The zero-order chi connectivity index (χ0) is 36.5. The summed E-state index contributed by atoms with van der Waals surface area (Å²) in [5.41, 5.74) is -3.58. The van der Waals surface area contributed by atoms with Gasteiger partial charge in [0.15, 0.2) is 17.2 Å². The summed E-state index contributed by atoms with van der Waals surface area (Å²) >= 11 is 0. The SMILES string of the molecule is CCOc1ncccc1C1(NC(=O)ON2CCN(C3CCN(C)CC3)CC2)C(=O)N(S(=O)(=O)c2ccc(OC)cc2OC)c2cc(F)c(F)cc21. The minimum absolute atomic E-state index is 0.0655. The number of hydrogen-bond acceptors (Lipinski definition) is 12. The topological polar surface area (TPSA) is 143 Å². The van der Waals surface area contributed by atoms with Crippen LogP contribution in [-0.2, 0) is 25.2 Å². The van der Waals surface area contributed by atoms with Crippen LogP contribution in [0.3, 0.4) is 0 Å². The molecule has 3 aromatic rings.